The van der Waals surface area contributed by atoms with E-state index in [4.69, 9.17) is 0 Å². The quantitative estimate of drug-likeness (QED) is 0.390. The van der Waals surface area contributed by atoms with E-state index in [1.807, 2.05) is 0 Å². The molecular formula is C12H22. The van der Waals surface area contributed by atoms with Crippen molar-refractivity contribution in [2.24, 2.45) is 5.92 Å². The molecule has 0 nitrogen and oxygen atoms in total. The molecule has 0 unspecified atom stereocenters. The summed E-state index contributed by atoms with van der Waals surface area (Å²) in [6.45, 7) is 2.27. The van der Waals surface area contributed by atoms with Crippen LogP contribution in [0, 0.1) is 5.92 Å². The Hall–Kier alpha value is -0.260. The molecule has 0 heteroatoms. The third-order valence-corrected chi connectivity index (χ3v) is 2.56. The molecular weight excluding hydrogens is 144 g/mol. The molecule has 0 N–H and O–H groups in total. The topological polar surface area (TPSA) is 0 Å². The maximum absolute atomic E-state index is 2.39. The van der Waals surface area contributed by atoms with Crippen molar-refractivity contribution < 1.29 is 0 Å². The van der Waals surface area contributed by atoms with E-state index in [0.29, 0.717) is 0 Å². The van der Waals surface area contributed by atoms with Gasteiger partial charge in [-0.1, -0.05) is 38.3 Å². The summed E-state index contributed by atoms with van der Waals surface area (Å²) < 4.78 is 0. The van der Waals surface area contributed by atoms with Gasteiger partial charge < -0.3 is 0 Å². The lowest BCUT2D eigenvalue weighted by molar-refractivity contribution is 0.673. The number of hydrogen-bond acceptors (Lipinski definition) is 0. The zero-order chi connectivity index (χ0) is 8.65. The molecule has 1 aliphatic carbocycles. The van der Waals surface area contributed by atoms with Crippen molar-refractivity contribution in [3.05, 3.63) is 12.2 Å². The Morgan fingerprint density at radius 2 is 1.92 bits per heavy atom. The van der Waals surface area contributed by atoms with E-state index in [-0.39, 0.29) is 0 Å². The first kappa shape index (κ1) is 9.83. The van der Waals surface area contributed by atoms with Crippen molar-refractivity contribution in [2.75, 3.05) is 0 Å². The summed E-state index contributed by atoms with van der Waals surface area (Å²) in [5.41, 5.74) is 0. The second kappa shape index (κ2) is 6.28. The third kappa shape index (κ3) is 5.40. The summed E-state index contributed by atoms with van der Waals surface area (Å²) in [5, 5.41) is 0. The van der Waals surface area contributed by atoms with Crippen LogP contribution in [0.5, 0.6) is 0 Å². The van der Waals surface area contributed by atoms with E-state index in [0.717, 1.165) is 5.92 Å². The maximum atomic E-state index is 2.39. The smallest absolute Gasteiger partial charge is 0.0322 e. The molecule has 0 aromatic carbocycles. The van der Waals surface area contributed by atoms with Crippen LogP contribution < -0.4 is 0 Å². The van der Waals surface area contributed by atoms with Gasteiger partial charge in [0, 0.05) is 0 Å². The summed E-state index contributed by atoms with van der Waals surface area (Å²) in [7, 11) is 0. The molecule has 1 aliphatic rings. The van der Waals surface area contributed by atoms with E-state index in [2.05, 4.69) is 19.1 Å². The van der Waals surface area contributed by atoms with Crippen LogP contribution in [-0.2, 0) is 0 Å². The Balaban J connectivity index is 1.77. The van der Waals surface area contributed by atoms with Gasteiger partial charge in [0.2, 0.25) is 0 Å². The molecule has 0 bridgehead atoms. The fourth-order valence-electron chi connectivity index (χ4n) is 1.45. The van der Waals surface area contributed by atoms with Crippen LogP contribution in [-0.4, -0.2) is 0 Å². The maximum Gasteiger partial charge on any atom is -0.0322 e. The Morgan fingerprint density at radius 3 is 2.58 bits per heavy atom. The molecule has 0 saturated heterocycles. The number of rotatable bonds is 7. The summed E-state index contributed by atoms with van der Waals surface area (Å²) in [4.78, 5) is 0. The number of hydrogen-bond donors (Lipinski definition) is 0. The van der Waals surface area contributed by atoms with Gasteiger partial charge in [-0.15, -0.1) is 0 Å². The van der Waals surface area contributed by atoms with Crippen LogP contribution in [0.2, 0.25) is 0 Å². The highest BCUT2D eigenvalue weighted by Gasteiger charge is 2.18. The third-order valence-electron chi connectivity index (χ3n) is 2.56. The zero-order valence-corrected chi connectivity index (χ0v) is 8.39. The lowest BCUT2D eigenvalue weighted by Crippen LogP contribution is -1.74. The summed E-state index contributed by atoms with van der Waals surface area (Å²) in [6, 6.07) is 0. The first-order chi connectivity index (χ1) is 5.93. The molecule has 0 heterocycles. The fraction of sp³-hybridized carbons (Fsp3) is 0.833. The van der Waals surface area contributed by atoms with Gasteiger partial charge in [0.25, 0.3) is 0 Å². The van der Waals surface area contributed by atoms with Gasteiger partial charge in [-0.3, -0.25) is 0 Å². The van der Waals surface area contributed by atoms with Crippen molar-refractivity contribution in [1.82, 2.24) is 0 Å². The molecule has 0 aromatic rings. The van der Waals surface area contributed by atoms with Gasteiger partial charge in [0.05, 0.1) is 0 Å². The molecule has 0 spiro atoms. The average Bonchev–Trinajstić information content (AvgIpc) is 2.87. The second-order valence-corrected chi connectivity index (χ2v) is 4.00. The SMILES string of the molecule is CCCCCCC=CCC1CC1. The Kier molecular flexibility index (Phi) is 5.14. The first-order valence-corrected chi connectivity index (χ1v) is 5.58. The van der Waals surface area contributed by atoms with Crippen molar-refractivity contribution in [1.29, 1.82) is 0 Å². The highest BCUT2D eigenvalue weighted by molar-refractivity contribution is 4.88. The predicted molar refractivity (Wildman–Crippen MR) is 55.2 cm³/mol. The van der Waals surface area contributed by atoms with Crippen LogP contribution >= 0.6 is 0 Å². The van der Waals surface area contributed by atoms with Gasteiger partial charge in [-0.05, 0) is 38.0 Å². The lowest BCUT2D eigenvalue weighted by atomic mass is 10.1. The highest BCUT2D eigenvalue weighted by atomic mass is 14.2. The van der Waals surface area contributed by atoms with Crippen molar-refractivity contribution in [3.63, 3.8) is 0 Å². The molecule has 0 atom stereocenters. The van der Waals surface area contributed by atoms with Crippen LogP contribution in [0.15, 0.2) is 12.2 Å². The van der Waals surface area contributed by atoms with Crippen LogP contribution in [0.4, 0.5) is 0 Å². The summed E-state index contributed by atoms with van der Waals surface area (Å²) in [5.74, 6) is 1.07. The second-order valence-electron chi connectivity index (χ2n) is 4.00. The first-order valence-electron chi connectivity index (χ1n) is 5.58. The summed E-state index contributed by atoms with van der Waals surface area (Å²) >= 11 is 0. The van der Waals surface area contributed by atoms with E-state index in [1.54, 1.807) is 0 Å². The molecule has 12 heavy (non-hydrogen) atoms. The molecule has 70 valence electrons. The van der Waals surface area contributed by atoms with Crippen LogP contribution in [0.3, 0.4) is 0 Å². The zero-order valence-electron chi connectivity index (χ0n) is 8.39. The van der Waals surface area contributed by atoms with E-state index < -0.39 is 0 Å². The largest absolute Gasteiger partial charge is 0.0885 e. The van der Waals surface area contributed by atoms with E-state index >= 15 is 0 Å². The Labute approximate surface area is 77.1 Å². The van der Waals surface area contributed by atoms with Gasteiger partial charge in [-0.25, -0.2) is 0 Å². The highest BCUT2D eigenvalue weighted by Crippen LogP contribution is 2.32. The molecule has 1 saturated carbocycles. The fourth-order valence-corrected chi connectivity index (χ4v) is 1.45. The Morgan fingerprint density at radius 1 is 1.08 bits per heavy atom. The average molecular weight is 166 g/mol. The minimum Gasteiger partial charge on any atom is -0.0885 e. The lowest BCUT2D eigenvalue weighted by Gasteiger charge is -1.93. The van der Waals surface area contributed by atoms with E-state index in [1.165, 1.54) is 51.4 Å². The predicted octanol–water partition coefficient (Wildman–Crippen LogP) is 4.31. The standard InChI is InChI=1S/C12H22/c1-2-3-4-5-6-7-8-9-12-10-11-12/h7-8,12H,2-6,9-11H2,1H3. The monoisotopic (exact) mass is 166 g/mol. The van der Waals surface area contributed by atoms with Gasteiger partial charge >= 0.3 is 0 Å². The van der Waals surface area contributed by atoms with Crippen LogP contribution in [0.1, 0.15) is 58.3 Å². The molecule has 0 aliphatic heterocycles. The Bertz CT molecular complexity index is 120. The van der Waals surface area contributed by atoms with Gasteiger partial charge in [0.15, 0.2) is 0 Å². The van der Waals surface area contributed by atoms with Crippen LogP contribution in [0.25, 0.3) is 0 Å². The van der Waals surface area contributed by atoms with Gasteiger partial charge in [0.1, 0.15) is 0 Å². The normalized spacial score (nSPS) is 17.4. The molecule has 0 aromatic heterocycles. The minimum atomic E-state index is 1.07. The number of allylic oxidation sites excluding steroid dienone is 2. The molecule has 0 radical (unpaired) electrons. The molecule has 1 fully saturated rings. The minimum absolute atomic E-state index is 1.07. The molecule has 0 amide bonds. The van der Waals surface area contributed by atoms with Crippen molar-refractivity contribution in [3.8, 4) is 0 Å². The number of unbranched alkanes of at least 4 members (excludes halogenated alkanes) is 4. The van der Waals surface area contributed by atoms with Crippen molar-refractivity contribution in [2.45, 2.75) is 58.3 Å². The summed E-state index contributed by atoms with van der Waals surface area (Å²) in [6.07, 6.45) is 16.0. The van der Waals surface area contributed by atoms with Gasteiger partial charge in [-0.2, -0.15) is 0 Å². The van der Waals surface area contributed by atoms with Crippen molar-refractivity contribution >= 4 is 0 Å². The van der Waals surface area contributed by atoms with E-state index in [9.17, 15) is 0 Å². The molecule has 1 rings (SSSR count).